The number of carbonyl (C=O) groups excluding carboxylic acids is 2. The molecule has 1 atom stereocenters. The summed E-state index contributed by atoms with van der Waals surface area (Å²) in [5.41, 5.74) is 1.19. The Hall–Kier alpha value is -1.88. The molecule has 0 saturated heterocycles. The van der Waals surface area contributed by atoms with Gasteiger partial charge in [0.05, 0.1) is 25.3 Å². The van der Waals surface area contributed by atoms with Crippen LogP contribution >= 0.6 is 0 Å². The zero-order valence-corrected chi connectivity index (χ0v) is 14.1. The minimum Gasteiger partial charge on any atom is -0.465 e. The van der Waals surface area contributed by atoms with Gasteiger partial charge in [-0.25, -0.2) is 4.79 Å². The Balaban J connectivity index is 1.88. The molecule has 1 saturated carbocycles. The lowest BCUT2D eigenvalue weighted by atomic mass is 9.94. The average molecular weight is 319 g/mol. The maximum absolute atomic E-state index is 12.3. The number of benzene rings is 1. The molecule has 0 aromatic heterocycles. The molecule has 23 heavy (non-hydrogen) atoms. The van der Waals surface area contributed by atoms with Crippen LogP contribution in [-0.4, -0.2) is 38.1 Å². The summed E-state index contributed by atoms with van der Waals surface area (Å²) in [7, 11) is 1.35. The molecule has 0 spiro atoms. The summed E-state index contributed by atoms with van der Waals surface area (Å²) in [4.78, 5) is 25.0. The van der Waals surface area contributed by atoms with Crippen LogP contribution in [-0.2, 0) is 9.53 Å². The van der Waals surface area contributed by atoms with Crippen LogP contribution in [0, 0.1) is 0 Å². The Morgan fingerprint density at radius 3 is 2.39 bits per heavy atom. The quantitative estimate of drug-likeness (QED) is 0.784. The molecule has 0 aliphatic heterocycles. The molecule has 0 radical (unpaired) electrons. The monoisotopic (exact) mass is 319 g/mol. The Kier molecular flexibility index (Phi) is 6.59. The standard InChI is InChI=1S/C18H26N2O3/c1-3-20(16-7-5-4-6-8-16)13-17(21)19-15-11-9-14(10-12-15)18(22)23-2/h9-12,16H,3-8,13H2,1-2H3,(H,19,21)/p+1. The van der Waals surface area contributed by atoms with Gasteiger partial charge in [0.25, 0.3) is 5.91 Å². The highest BCUT2D eigenvalue weighted by Gasteiger charge is 2.25. The van der Waals surface area contributed by atoms with E-state index in [-0.39, 0.29) is 11.9 Å². The smallest absolute Gasteiger partial charge is 0.337 e. The molecule has 0 bridgehead atoms. The van der Waals surface area contributed by atoms with Crippen molar-refractivity contribution >= 4 is 17.6 Å². The van der Waals surface area contributed by atoms with Gasteiger partial charge in [-0.3, -0.25) is 4.79 Å². The molecular weight excluding hydrogens is 292 g/mol. The topological polar surface area (TPSA) is 59.8 Å². The molecule has 0 heterocycles. The van der Waals surface area contributed by atoms with Crippen molar-refractivity contribution in [2.24, 2.45) is 0 Å². The second-order valence-electron chi connectivity index (χ2n) is 6.14. The maximum atomic E-state index is 12.3. The first-order valence-electron chi connectivity index (χ1n) is 8.46. The van der Waals surface area contributed by atoms with E-state index in [0.29, 0.717) is 23.8 Å². The summed E-state index contributed by atoms with van der Waals surface area (Å²) in [6, 6.07) is 7.40. The zero-order chi connectivity index (χ0) is 16.7. The SMILES string of the molecule is CC[NH+](CC(=O)Nc1ccc(C(=O)OC)cc1)C1CCCCC1. The Bertz CT molecular complexity index is 522. The molecule has 2 N–H and O–H groups in total. The van der Waals surface area contributed by atoms with Crippen molar-refractivity contribution in [2.75, 3.05) is 25.5 Å². The number of quaternary nitrogens is 1. The van der Waals surface area contributed by atoms with E-state index in [1.54, 1.807) is 24.3 Å². The van der Waals surface area contributed by atoms with E-state index >= 15 is 0 Å². The average Bonchev–Trinajstić information content (AvgIpc) is 2.60. The number of methoxy groups -OCH3 is 1. The molecular formula is C18H27N2O3+. The number of likely N-dealkylation sites (N-methyl/N-ethyl adjacent to an activating group) is 1. The van der Waals surface area contributed by atoms with Crippen LogP contribution in [0.1, 0.15) is 49.4 Å². The Morgan fingerprint density at radius 1 is 1.17 bits per heavy atom. The summed E-state index contributed by atoms with van der Waals surface area (Å²) in [5.74, 6) is -0.347. The molecule has 2 rings (SSSR count). The molecule has 5 heteroatoms. The predicted octanol–water partition coefficient (Wildman–Crippen LogP) is 1.65. The van der Waals surface area contributed by atoms with E-state index < -0.39 is 0 Å². The summed E-state index contributed by atoms with van der Waals surface area (Å²) in [6.45, 7) is 3.61. The maximum Gasteiger partial charge on any atom is 0.337 e. The second kappa shape index (κ2) is 8.67. The number of nitrogens with one attached hydrogen (secondary N) is 2. The van der Waals surface area contributed by atoms with Crippen molar-refractivity contribution in [2.45, 2.75) is 45.1 Å². The third-order valence-electron chi connectivity index (χ3n) is 4.61. The summed E-state index contributed by atoms with van der Waals surface area (Å²) in [6.07, 6.45) is 6.34. The molecule has 1 amide bonds. The molecule has 5 nitrogen and oxygen atoms in total. The van der Waals surface area contributed by atoms with Crippen molar-refractivity contribution < 1.29 is 19.2 Å². The van der Waals surface area contributed by atoms with Crippen LogP contribution in [0.2, 0.25) is 0 Å². The molecule has 1 aliphatic rings. The van der Waals surface area contributed by atoms with E-state index in [2.05, 4.69) is 17.0 Å². The fourth-order valence-corrected chi connectivity index (χ4v) is 3.29. The highest BCUT2D eigenvalue weighted by molar-refractivity contribution is 5.93. The van der Waals surface area contributed by atoms with E-state index in [1.807, 2.05) is 0 Å². The first-order valence-corrected chi connectivity index (χ1v) is 8.46. The number of hydrogen-bond donors (Lipinski definition) is 2. The van der Waals surface area contributed by atoms with Gasteiger partial charge in [-0.1, -0.05) is 6.42 Å². The first kappa shape index (κ1) is 17.5. The summed E-state index contributed by atoms with van der Waals surface area (Å²) in [5, 5.41) is 2.92. The number of hydrogen-bond acceptors (Lipinski definition) is 3. The van der Waals surface area contributed by atoms with Gasteiger partial charge in [0, 0.05) is 5.69 Å². The van der Waals surface area contributed by atoms with Crippen molar-refractivity contribution in [1.29, 1.82) is 0 Å². The molecule has 1 aromatic rings. The number of ether oxygens (including phenoxy) is 1. The van der Waals surface area contributed by atoms with E-state index in [9.17, 15) is 9.59 Å². The number of amides is 1. The molecule has 1 aliphatic carbocycles. The van der Waals surface area contributed by atoms with Crippen LogP contribution in [0.3, 0.4) is 0 Å². The highest BCUT2D eigenvalue weighted by Crippen LogP contribution is 2.15. The number of anilines is 1. The van der Waals surface area contributed by atoms with Gasteiger partial charge >= 0.3 is 5.97 Å². The van der Waals surface area contributed by atoms with Gasteiger partial charge in [-0.05, 0) is 56.9 Å². The molecule has 126 valence electrons. The fraction of sp³-hybridized carbons (Fsp3) is 0.556. The largest absolute Gasteiger partial charge is 0.465 e. The van der Waals surface area contributed by atoms with Gasteiger partial charge in [-0.15, -0.1) is 0 Å². The van der Waals surface area contributed by atoms with Crippen LogP contribution < -0.4 is 10.2 Å². The molecule has 1 fully saturated rings. The van der Waals surface area contributed by atoms with Crippen molar-refractivity contribution in [1.82, 2.24) is 0 Å². The second-order valence-corrected chi connectivity index (χ2v) is 6.14. The van der Waals surface area contributed by atoms with Gasteiger partial charge in [0.15, 0.2) is 6.54 Å². The minimum absolute atomic E-state index is 0.0261. The van der Waals surface area contributed by atoms with Crippen molar-refractivity contribution in [3.05, 3.63) is 29.8 Å². The zero-order valence-electron chi connectivity index (χ0n) is 14.1. The lowest BCUT2D eigenvalue weighted by Crippen LogP contribution is -3.16. The molecule has 1 aromatic carbocycles. The summed E-state index contributed by atoms with van der Waals surface area (Å²) >= 11 is 0. The van der Waals surface area contributed by atoms with Crippen LogP contribution in [0.25, 0.3) is 0 Å². The summed E-state index contributed by atoms with van der Waals surface area (Å²) < 4.78 is 4.66. The van der Waals surface area contributed by atoms with Gasteiger partial charge in [0.2, 0.25) is 0 Å². The van der Waals surface area contributed by atoms with E-state index in [1.165, 1.54) is 44.1 Å². The number of esters is 1. The molecule has 1 unspecified atom stereocenters. The Labute approximate surface area is 138 Å². The van der Waals surface area contributed by atoms with Crippen molar-refractivity contribution in [3.8, 4) is 0 Å². The Morgan fingerprint density at radius 2 is 1.83 bits per heavy atom. The third kappa shape index (κ3) is 5.06. The number of rotatable bonds is 6. The van der Waals surface area contributed by atoms with Gasteiger partial charge in [0.1, 0.15) is 0 Å². The van der Waals surface area contributed by atoms with Crippen LogP contribution in [0.15, 0.2) is 24.3 Å². The lowest BCUT2D eigenvalue weighted by Gasteiger charge is -2.30. The van der Waals surface area contributed by atoms with Crippen LogP contribution in [0.4, 0.5) is 5.69 Å². The number of carbonyl (C=O) groups is 2. The normalized spacial score (nSPS) is 16.6. The van der Waals surface area contributed by atoms with E-state index in [0.717, 1.165) is 6.54 Å². The highest BCUT2D eigenvalue weighted by atomic mass is 16.5. The van der Waals surface area contributed by atoms with Gasteiger partial charge < -0.3 is 15.0 Å². The predicted molar refractivity (Wildman–Crippen MR) is 89.7 cm³/mol. The lowest BCUT2D eigenvalue weighted by molar-refractivity contribution is -0.917. The first-order chi connectivity index (χ1) is 11.1. The van der Waals surface area contributed by atoms with Crippen molar-refractivity contribution in [3.63, 3.8) is 0 Å². The minimum atomic E-state index is -0.373. The third-order valence-corrected chi connectivity index (χ3v) is 4.61. The van der Waals surface area contributed by atoms with E-state index in [4.69, 9.17) is 0 Å². The van der Waals surface area contributed by atoms with Crippen LogP contribution in [0.5, 0.6) is 0 Å². The van der Waals surface area contributed by atoms with Gasteiger partial charge in [-0.2, -0.15) is 0 Å². The fourth-order valence-electron chi connectivity index (χ4n) is 3.29.